The van der Waals surface area contributed by atoms with Crippen LogP contribution in [-0.2, 0) is 14.6 Å². The van der Waals surface area contributed by atoms with E-state index in [0.29, 0.717) is 26.1 Å². The molecule has 0 saturated carbocycles. The number of hydrogen-bond acceptors (Lipinski definition) is 5. The van der Waals surface area contributed by atoms with Gasteiger partial charge in [0.1, 0.15) is 0 Å². The summed E-state index contributed by atoms with van der Waals surface area (Å²) in [6, 6.07) is 2.34. The predicted octanol–water partition coefficient (Wildman–Crippen LogP) is 1.18. The first-order valence-electron chi connectivity index (χ1n) is 5.62. The molecule has 0 amide bonds. The molecule has 0 aromatic carbocycles. The van der Waals surface area contributed by atoms with Crippen LogP contribution < -0.4 is 0 Å². The van der Waals surface area contributed by atoms with E-state index in [1.54, 1.807) is 0 Å². The van der Waals surface area contributed by atoms with Gasteiger partial charge in [-0.05, 0) is 30.9 Å². The Kier molecular flexibility index (Phi) is 3.72. The fourth-order valence-electron chi connectivity index (χ4n) is 1.91. The van der Waals surface area contributed by atoms with Gasteiger partial charge in [-0.15, -0.1) is 0 Å². The monoisotopic (exact) mass is 274 g/mol. The predicted molar refractivity (Wildman–Crippen MR) is 61.3 cm³/mol. The van der Waals surface area contributed by atoms with E-state index in [0.717, 1.165) is 6.07 Å². The third kappa shape index (κ3) is 2.91. The topological polar surface area (TPSA) is 93.8 Å². The molecule has 0 atom stereocenters. The maximum atomic E-state index is 12.0. The van der Waals surface area contributed by atoms with Gasteiger partial charge in [-0.3, -0.25) is 0 Å². The lowest BCUT2D eigenvalue weighted by atomic mass is 10.0. The van der Waals surface area contributed by atoms with Gasteiger partial charge >= 0.3 is 5.97 Å². The number of carbonyl (C=O) groups is 1. The summed E-state index contributed by atoms with van der Waals surface area (Å²) in [4.78, 5) is 10.6. The first kappa shape index (κ1) is 13.1. The van der Waals surface area contributed by atoms with Crippen LogP contribution in [0.4, 0.5) is 0 Å². The van der Waals surface area contributed by atoms with Gasteiger partial charge in [0.25, 0.3) is 0 Å². The zero-order valence-corrected chi connectivity index (χ0v) is 10.5. The summed E-state index contributed by atoms with van der Waals surface area (Å²) >= 11 is 0. The van der Waals surface area contributed by atoms with E-state index < -0.39 is 15.8 Å². The molecule has 6 nitrogen and oxygen atoms in total. The van der Waals surface area contributed by atoms with Crippen LogP contribution >= 0.6 is 0 Å². The molecule has 7 heteroatoms. The lowest BCUT2D eigenvalue weighted by molar-refractivity contribution is 0.0656. The number of ether oxygens (including phenoxy) is 1. The van der Waals surface area contributed by atoms with Gasteiger partial charge in [0, 0.05) is 13.2 Å². The Bertz CT molecular complexity index is 523. The molecule has 1 aliphatic rings. The molecule has 0 radical (unpaired) electrons. The van der Waals surface area contributed by atoms with E-state index in [1.165, 1.54) is 6.07 Å². The summed E-state index contributed by atoms with van der Waals surface area (Å²) in [5, 5.41) is 8.41. The number of aromatic carboxylic acids is 1. The van der Waals surface area contributed by atoms with Crippen molar-refractivity contribution >= 4 is 15.8 Å². The van der Waals surface area contributed by atoms with E-state index >= 15 is 0 Å². The third-order valence-corrected chi connectivity index (χ3v) is 4.64. The second-order valence-corrected chi connectivity index (χ2v) is 6.23. The van der Waals surface area contributed by atoms with Gasteiger partial charge in [-0.25, -0.2) is 13.2 Å². The highest BCUT2D eigenvalue weighted by atomic mass is 32.2. The van der Waals surface area contributed by atoms with Crippen LogP contribution in [0.3, 0.4) is 0 Å². The second kappa shape index (κ2) is 5.11. The van der Waals surface area contributed by atoms with Crippen molar-refractivity contribution in [2.75, 3.05) is 19.0 Å². The molecule has 0 unspecified atom stereocenters. The summed E-state index contributed by atoms with van der Waals surface area (Å²) in [5.74, 6) is -1.62. The highest BCUT2D eigenvalue weighted by molar-refractivity contribution is 7.91. The van der Waals surface area contributed by atoms with Crippen LogP contribution in [0, 0.1) is 5.92 Å². The van der Waals surface area contributed by atoms with E-state index in [1.807, 2.05) is 0 Å². The fourth-order valence-corrected chi connectivity index (χ4v) is 3.52. The molecule has 1 N–H and O–H groups in total. The molecule has 1 aliphatic heterocycles. The van der Waals surface area contributed by atoms with Crippen LogP contribution in [0.2, 0.25) is 0 Å². The minimum Gasteiger partial charge on any atom is -0.475 e. The molecule has 100 valence electrons. The van der Waals surface area contributed by atoms with E-state index in [9.17, 15) is 13.2 Å². The molecule has 0 bridgehead atoms. The number of rotatable bonds is 4. The first-order valence-corrected chi connectivity index (χ1v) is 7.28. The average molecular weight is 274 g/mol. The average Bonchev–Trinajstić information content (AvgIpc) is 2.79. The molecule has 2 heterocycles. The Morgan fingerprint density at radius 3 is 2.56 bits per heavy atom. The van der Waals surface area contributed by atoms with E-state index in [4.69, 9.17) is 14.3 Å². The van der Waals surface area contributed by atoms with Crippen molar-refractivity contribution in [2.45, 2.75) is 17.9 Å². The van der Waals surface area contributed by atoms with Crippen LogP contribution in [0.5, 0.6) is 0 Å². The highest BCUT2D eigenvalue weighted by Crippen LogP contribution is 2.22. The number of carboxylic acid groups (broad SMARTS) is 1. The minimum absolute atomic E-state index is 0.0249. The zero-order valence-electron chi connectivity index (χ0n) is 9.66. The van der Waals surface area contributed by atoms with Crippen molar-refractivity contribution in [1.82, 2.24) is 0 Å². The van der Waals surface area contributed by atoms with Crippen molar-refractivity contribution in [2.24, 2.45) is 5.92 Å². The zero-order chi connectivity index (χ0) is 13.2. The summed E-state index contributed by atoms with van der Waals surface area (Å²) < 4.78 is 34.0. The maximum Gasteiger partial charge on any atom is 0.371 e. The Hall–Kier alpha value is -1.34. The van der Waals surface area contributed by atoms with E-state index in [2.05, 4.69) is 0 Å². The molecule has 1 saturated heterocycles. The summed E-state index contributed by atoms with van der Waals surface area (Å²) in [6.45, 7) is 1.14. The standard InChI is InChI=1S/C11H14O6S/c12-11(13)9-1-2-10(17-9)18(14,15)7-8-3-5-16-6-4-8/h1-2,8H,3-7H2,(H,12,13). The van der Waals surface area contributed by atoms with Gasteiger partial charge in [0.15, 0.2) is 0 Å². The van der Waals surface area contributed by atoms with Gasteiger partial charge in [0.2, 0.25) is 20.7 Å². The molecule has 1 fully saturated rings. The van der Waals surface area contributed by atoms with Crippen molar-refractivity contribution in [3.05, 3.63) is 17.9 Å². The van der Waals surface area contributed by atoms with Crippen molar-refractivity contribution in [3.8, 4) is 0 Å². The molecular weight excluding hydrogens is 260 g/mol. The van der Waals surface area contributed by atoms with Crippen LogP contribution in [-0.4, -0.2) is 38.5 Å². The van der Waals surface area contributed by atoms with E-state index in [-0.39, 0.29) is 22.5 Å². The fraction of sp³-hybridized carbons (Fsp3) is 0.545. The van der Waals surface area contributed by atoms with Gasteiger partial charge < -0.3 is 14.3 Å². The third-order valence-electron chi connectivity index (χ3n) is 2.89. The van der Waals surface area contributed by atoms with Crippen LogP contribution in [0.1, 0.15) is 23.4 Å². The number of furan rings is 1. The molecule has 0 spiro atoms. The Morgan fingerprint density at radius 2 is 2.00 bits per heavy atom. The summed E-state index contributed by atoms with van der Waals surface area (Å²) in [5.41, 5.74) is 0. The Labute approximate surface area is 104 Å². The maximum absolute atomic E-state index is 12.0. The number of sulfone groups is 1. The SMILES string of the molecule is O=C(O)c1ccc(S(=O)(=O)CC2CCOCC2)o1. The smallest absolute Gasteiger partial charge is 0.371 e. The Balaban J connectivity index is 2.11. The lowest BCUT2D eigenvalue weighted by Gasteiger charge is -2.21. The Morgan fingerprint density at radius 1 is 1.33 bits per heavy atom. The van der Waals surface area contributed by atoms with Crippen molar-refractivity contribution in [1.29, 1.82) is 0 Å². The largest absolute Gasteiger partial charge is 0.475 e. The first-order chi connectivity index (χ1) is 8.49. The van der Waals surface area contributed by atoms with Gasteiger partial charge in [-0.2, -0.15) is 0 Å². The van der Waals surface area contributed by atoms with Gasteiger partial charge in [0.05, 0.1) is 5.75 Å². The number of carboxylic acids is 1. The molecule has 1 aromatic heterocycles. The van der Waals surface area contributed by atoms with Crippen molar-refractivity contribution in [3.63, 3.8) is 0 Å². The highest BCUT2D eigenvalue weighted by Gasteiger charge is 2.26. The quantitative estimate of drug-likeness (QED) is 0.886. The summed E-state index contributed by atoms with van der Waals surface area (Å²) in [7, 11) is -3.56. The minimum atomic E-state index is -3.56. The lowest BCUT2D eigenvalue weighted by Crippen LogP contribution is -2.23. The second-order valence-electron chi connectivity index (χ2n) is 4.26. The molecule has 2 rings (SSSR count). The molecule has 0 aliphatic carbocycles. The summed E-state index contributed by atoms with van der Waals surface area (Å²) in [6.07, 6.45) is 1.40. The number of hydrogen-bond donors (Lipinski definition) is 1. The molecule has 1 aromatic rings. The van der Waals surface area contributed by atoms with Crippen LogP contribution in [0.15, 0.2) is 21.6 Å². The van der Waals surface area contributed by atoms with Crippen LogP contribution in [0.25, 0.3) is 0 Å². The van der Waals surface area contributed by atoms with Gasteiger partial charge in [-0.1, -0.05) is 0 Å². The molecular formula is C11H14O6S. The normalized spacial score (nSPS) is 17.8. The van der Waals surface area contributed by atoms with Crippen molar-refractivity contribution < 1.29 is 27.5 Å². The molecule has 18 heavy (non-hydrogen) atoms.